The van der Waals surface area contributed by atoms with E-state index in [0.717, 1.165) is 28.3 Å². The van der Waals surface area contributed by atoms with Crippen LogP contribution in [0, 0.1) is 0 Å². The van der Waals surface area contributed by atoms with Crippen LogP contribution in [-0.2, 0) is 11.3 Å². The molecule has 1 heterocycles. The number of ether oxygens (including phenoxy) is 4. The Morgan fingerprint density at radius 1 is 0.788 bits per heavy atom. The van der Waals surface area contributed by atoms with Crippen molar-refractivity contribution in [2.24, 2.45) is 0 Å². The zero-order valence-corrected chi connectivity index (χ0v) is 18.8. The van der Waals surface area contributed by atoms with Crippen LogP contribution in [0.5, 0.6) is 17.5 Å². The number of benzene rings is 3. The predicted molar refractivity (Wildman–Crippen MR) is 126 cm³/mol. The fourth-order valence-corrected chi connectivity index (χ4v) is 3.22. The molecular weight excluding hydrogens is 418 g/mol. The standard InChI is InChI=1S/C26H27N3O4/c1-3-31-17-18-32-26-27-25(29(28-26)22-11-15-23(30-2)16-12-22)21-9-13-24(14-10-21)33-19-20-7-5-4-6-8-20/h4-16H,3,17-19H2,1-2H3. The molecule has 0 saturated heterocycles. The molecule has 0 N–H and O–H groups in total. The van der Waals surface area contributed by atoms with Gasteiger partial charge in [0.1, 0.15) is 24.7 Å². The van der Waals surface area contributed by atoms with Crippen LogP contribution < -0.4 is 14.2 Å². The molecule has 0 aliphatic carbocycles. The molecule has 1 aromatic heterocycles. The molecule has 0 amide bonds. The van der Waals surface area contributed by atoms with Crippen molar-refractivity contribution >= 4 is 0 Å². The third-order valence-corrected chi connectivity index (χ3v) is 4.93. The minimum absolute atomic E-state index is 0.296. The lowest BCUT2D eigenvalue weighted by Gasteiger charge is -2.09. The molecule has 0 saturated carbocycles. The van der Waals surface area contributed by atoms with E-state index in [0.29, 0.717) is 38.3 Å². The molecule has 4 aromatic rings. The molecule has 4 rings (SSSR count). The summed E-state index contributed by atoms with van der Waals surface area (Å²) in [6.07, 6.45) is 0. The molecule has 0 spiro atoms. The van der Waals surface area contributed by atoms with Crippen LogP contribution in [0.4, 0.5) is 0 Å². The first-order chi connectivity index (χ1) is 16.3. The SMILES string of the molecule is CCOCCOc1nc(-c2ccc(OCc3ccccc3)cc2)n(-c2ccc(OC)cc2)n1. The first kappa shape index (κ1) is 22.4. The molecule has 0 aliphatic rings. The van der Waals surface area contributed by atoms with E-state index in [1.807, 2.05) is 85.8 Å². The molecule has 0 radical (unpaired) electrons. The number of nitrogens with zero attached hydrogens (tertiary/aromatic N) is 3. The van der Waals surface area contributed by atoms with Gasteiger partial charge in [-0.2, -0.15) is 4.98 Å². The summed E-state index contributed by atoms with van der Waals surface area (Å²) in [5.41, 5.74) is 2.86. The van der Waals surface area contributed by atoms with Crippen molar-refractivity contribution in [3.05, 3.63) is 84.4 Å². The smallest absolute Gasteiger partial charge is 0.336 e. The third-order valence-electron chi connectivity index (χ3n) is 4.93. The molecule has 0 fully saturated rings. The quantitative estimate of drug-likeness (QED) is 0.305. The Morgan fingerprint density at radius 3 is 2.21 bits per heavy atom. The van der Waals surface area contributed by atoms with Gasteiger partial charge in [-0.15, -0.1) is 5.10 Å². The van der Waals surface area contributed by atoms with E-state index < -0.39 is 0 Å². The molecule has 0 unspecified atom stereocenters. The fourth-order valence-electron chi connectivity index (χ4n) is 3.22. The molecule has 7 nitrogen and oxygen atoms in total. The van der Waals surface area contributed by atoms with E-state index in [9.17, 15) is 0 Å². The van der Waals surface area contributed by atoms with E-state index in [4.69, 9.17) is 18.9 Å². The van der Waals surface area contributed by atoms with Gasteiger partial charge in [-0.1, -0.05) is 30.3 Å². The van der Waals surface area contributed by atoms with Gasteiger partial charge in [-0.3, -0.25) is 0 Å². The number of rotatable bonds is 11. The minimum Gasteiger partial charge on any atom is -0.497 e. The van der Waals surface area contributed by atoms with Crippen molar-refractivity contribution < 1.29 is 18.9 Å². The average Bonchev–Trinajstić information content (AvgIpc) is 3.30. The molecule has 33 heavy (non-hydrogen) atoms. The number of aromatic nitrogens is 3. The number of hydrogen-bond donors (Lipinski definition) is 0. The van der Waals surface area contributed by atoms with Gasteiger partial charge in [-0.25, -0.2) is 4.68 Å². The van der Waals surface area contributed by atoms with E-state index in [-0.39, 0.29) is 0 Å². The van der Waals surface area contributed by atoms with Gasteiger partial charge >= 0.3 is 6.01 Å². The summed E-state index contributed by atoms with van der Waals surface area (Å²) in [4.78, 5) is 4.62. The van der Waals surface area contributed by atoms with Gasteiger partial charge in [0.15, 0.2) is 5.82 Å². The maximum Gasteiger partial charge on any atom is 0.336 e. The average molecular weight is 446 g/mol. The van der Waals surface area contributed by atoms with Crippen LogP contribution in [-0.4, -0.2) is 41.7 Å². The first-order valence-corrected chi connectivity index (χ1v) is 10.9. The van der Waals surface area contributed by atoms with Gasteiger partial charge < -0.3 is 18.9 Å². The topological polar surface area (TPSA) is 67.6 Å². The summed E-state index contributed by atoms with van der Waals surface area (Å²) in [6.45, 7) is 3.96. The molecule has 7 heteroatoms. The predicted octanol–water partition coefficient (Wildman–Crippen LogP) is 4.94. The second-order valence-corrected chi connectivity index (χ2v) is 7.17. The van der Waals surface area contributed by atoms with Crippen LogP contribution >= 0.6 is 0 Å². The van der Waals surface area contributed by atoms with Crippen molar-refractivity contribution in [1.29, 1.82) is 0 Å². The summed E-state index contributed by atoms with van der Waals surface area (Å²) in [6, 6.07) is 25.8. The molecule has 0 atom stereocenters. The summed E-state index contributed by atoms with van der Waals surface area (Å²) >= 11 is 0. The van der Waals surface area contributed by atoms with Crippen LogP contribution in [0.2, 0.25) is 0 Å². The molecule has 3 aromatic carbocycles. The Balaban J connectivity index is 1.55. The van der Waals surface area contributed by atoms with E-state index >= 15 is 0 Å². The zero-order chi connectivity index (χ0) is 22.9. The summed E-state index contributed by atoms with van der Waals surface area (Å²) in [5.74, 6) is 2.22. The van der Waals surface area contributed by atoms with Crippen LogP contribution in [0.1, 0.15) is 12.5 Å². The van der Waals surface area contributed by atoms with Crippen LogP contribution in [0.25, 0.3) is 17.1 Å². The van der Waals surface area contributed by atoms with E-state index in [1.54, 1.807) is 11.8 Å². The molecule has 170 valence electrons. The van der Waals surface area contributed by atoms with Crippen molar-refractivity contribution in [2.45, 2.75) is 13.5 Å². The highest BCUT2D eigenvalue weighted by Crippen LogP contribution is 2.26. The lowest BCUT2D eigenvalue weighted by molar-refractivity contribution is 0.106. The highest BCUT2D eigenvalue weighted by Gasteiger charge is 2.15. The van der Waals surface area contributed by atoms with Gasteiger partial charge in [-0.05, 0) is 61.0 Å². The maximum absolute atomic E-state index is 5.91. The van der Waals surface area contributed by atoms with Crippen molar-refractivity contribution in [2.75, 3.05) is 26.9 Å². The normalized spacial score (nSPS) is 10.7. The monoisotopic (exact) mass is 445 g/mol. The van der Waals surface area contributed by atoms with Crippen molar-refractivity contribution in [1.82, 2.24) is 14.8 Å². The van der Waals surface area contributed by atoms with Gasteiger partial charge in [0.25, 0.3) is 0 Å². The first-order valence-electron chi connectivity index (χ1n) is 10.9. The Morgan fingerprint density at radius 2 is 1.52 bits per heavy atom. The lowest BCUT2D eigenvalue weighted by atomic mass is 10.2. The third kappa shape index (κ3) is 5.90. The van der Waals surface area contributed by atoms with Gasteiger partial charge in [0, 0.05) is 12.2 Å². The summed E-state index contributed by atoms with van der Waals surface area (Å²) in [7, 11) is 1.64. The fraction of sp³-hybridized carbons (Fsp3) is 0.231. The Bertz CT molecular complexity index is 1130. The van der Waals surface area contributed by atoms with Crippen molar-refractivity contribution in [3.63, 3.8) is 0 Å². The van der Waals surface area contributed by atoms with E-state index in [1.165, 1.54) is 0 Å². The lowest BCUT2D eigenvalue weighted by Crippen LogP contribution is -2.07. The van der Waals surface area contributed by atoms with Crippen LogP contribution in [0.15, 0.2) is 78.9 Å². The highest BCUT2D eigenvalue weighted by molar-refractivity contribution is 5.59. The summed E-state index contributed by atoms with van der Waals surface area (Å²) < 4.78 is 24.0. The largest absolute Gasteiger partial charge is 0.497 e. The molecule has 0 aliphatic heterocycles. The maximum atomic E-state index is 5.91. The zero-order valence-electron chi connectivity index (χ0n) is 18.8. The van der Waals surface area contributed by atoms with E-state index in [2.05, 4.69) is 10.1 Å². The Labute approximate surface area is 193 Å². The second-order valence-electron chi connectivity index (χ2n) is 7.17. The minimum atomic E-state index is 0.296. The Hall–Kier alpha value is -3.84. The van der Waals surface area contributed by atoms with Gasteiger partial charge in [0.05, 0.1) is 19.4 Å². The van der Waals surface area contributed by atoms with Crippen LogP contribution in [0.3, 0.4) is 0 Å². The number of methoxy groups -OCH3 is 1. The highest BCUT2D eigenvalue weighted by atomic mass is 16.5. The van der Waals surface area contributed by atoms with Crippen molar-refractivity contribution in [3.8, 4) is 34.6 Å². The second kappa shape index (κ2) is 11.2. The number of hydrogen-bond acceptors (Lipinski definition) is 6. The molecular formula is C26H27N3O4. The summed E-state index contributed by atoms with van der Waals surface area (Å²) in [5, 5.41) is 4.56. The molecule has 0 bridgehead atoms. The van der Waals surface area contributed by atoms with Gasteiger partial charge in [0.2, 0.25) is 0 Å². The Kier molecular flexibility index (Phi) is 7.56.